The zero-order valence-electron chi connectivity index (χ0n) is 16.7. The van der Waals surface area contributed by atoms with Gasteiger partial charge in [-0.05, 0) is 50.5 Å². The van der Waals surface area contributed by atoms with Gasteiger partial charge >= 0.3 is 0 Å². The summed E-state index contributed by atoms with van der Waals surface area (Å²) in [6.45, 7) is 1.52. The molecule has 3 aliphatic rings. The minimum Gasteiger partial charge on any atom is -0.508 e. The second kappa shape index (κ2) is 6.56. The van der Waals surface area contributed by atoms with E-state index in [1.807, 2.05) is 17.0 Å². The Morgan fingerprint density at radius 3 is 2.65 bits per heavy atom. The SMILES string of the molecule is CC1(S(=O)(=O)O)CCC(N2/C(=C3\C(=O)Nc4ccc(O)cc43)C(O)c3ccccc32)C1. The molecule has 8 nitrogen and oxygen atoms in total. The number of rotatable bonds is 2. The lowest BCUT2D eigenvalue weighted by Crippen LogP contribution is -2.37. The van der Waals surface area contributed by atoms with Crippen LogP contribution >= 0.6 is 0 Å². The predicted molar refractivity (Wildman–Crippen MR) is 115 cm³/mol. The minimum atomic E-state index is -4.27. The number of aliphatic hydroxyl groups excluding tert-OH is 1. The second-order valence-corrected chi connectivity index (χ2v) is 10.5. The summed E-state index contributed by atoms with van der Waals surface area (Å²) in [5, 5.41) is 24.0. The van der Waals surface area contributed by atoms with Gasteiger partial charge in [0.2, 0.25) is 0 Å². The van der Waals surface area contributed by atoms with Crippen molar-refractivity contribution in [3.63, 3.8) is 0 Å². The van der Waals surface area contributed by atoms with Crippen LogP contribution in [0.15, 0.2) is 48.2 Å². The number of phenols is 1. The molecule has 0 spiro atoms. The van der Waals surface area contributed by atoms with Gasteiger partial charge in [-0.15, -0.1) is 0 Å². The minimum absolute atomic E-state index is 0.00952. The number of carbonyl (C=O) groups excluding carboxylic acids is 1. The van der Waals surface area contributed by atoms with E-state index in [1.165, 1.54) is 19.1 Å². The Morgan fingerprint density at radius 1 is 1.19 bits per heavy atom. The van der Waals surface area contributed by atoms with E-state index >= 15 is 0 Å². The van der Waals surface area contributed by atoms with Gasteiger partial charge in [-0.1, -0.05) is 18.2 Å². The third-order valence-electron chi connectivity index (χ3n) is 6.68. The van der Waals surface area contributed by atoms with Crippen molar-refractivity contribution in [2.75, 3.05) is 10.2 Å². The van der Waals surface area contributed by atoms with Gasteiger partial charge < -0.3 is 20.4 Å². The van der Waals surface area contributed by atoms with E-state index in [0.29, 0.717) is 34.6 Å². The summed E-state index contributed by atoms with van der Waals surface area (Å²) in [5.74, 6) is -0.410. The summed E-state index contributed by atoms with van der Waals surface area (Å²) >= 11 is 0. The number of phenolic OH excluding ortho intramolecular Hbond substituents is 1. The fraction of sp³-hybridized carbons (Fsp3) is 0.318. The highest BCUT2D eigenvalue weighted by Crippen LogP contribution is 2.52. The Hall–Kier alpha value is -2.88. The van der Waals surface area contributed by atoms with E-state index in [1.54, 1.807) is 18.2 Å². The van der Waals surface area contributed by atoms with Crippen LogP contribution in [0.25, 0.3) is 5.57 Å². The number of fused-ring (bicyclic) bond motifs is 2. The zero-order valence-corrected chi connectivity index (χ0v) is 17.6. The number of hydrogen-bond acceptors (Lipinski definition) is 6. The molecule has 162 valence electrons. The van der Waals surface area contributed by atoms with Crippen LogP contribution in [0.1, 0.15) is 43.4 Å². The van der Waals surface area contributed by atoms with Gasteiger partial charge in [-0.3, -0.25) is 9.35 Å². The molecule has 0 bridgehead atoms. The van der Waals surface area contributed by atoms with Crippen molar-refractivity contribution in [1.82, 2.24) is 0 Å². The van der Waals surface area contributed by atoms with Crippen molar-refractivity contribution >= 4 is 33.0 Å². The Bertz CT molecular complexity index is 1250. The van der Waals surface area contributed by atoms with E-state index in [9.17, 15) is 28.0 Å². The molecular weight excluding hydrogens is 420 g/mol. The van der Waals surface area contributed by atoms with Crippen LogP contribution in [0.3, 0.4) is 0 Å². The molecule has 3 atom stereocenters. The number of carbonyl (C=O) groups is 1. The van der Waals surface area contributed by atoms with Crippen LogP contribution in [0.2, 0.25) is 0 Å². The largest absolute Gasteiger partial charge is 0.508 e. The maximum atomic E-state index is 12.9. The van der Waals surface area contributed by atoms with E-state index in [4.69, 9.17) is 0 Å². The molecule has 0 aromatic heterocycles. The van der Waals surface area contributed by atoms with Crippen molar-refractivity contribution < 1.29 is 28.0 Å². The second-order valence-electron chi connectivity index (χ2n) is 8.60. The third kappa shape index (κ3) is 2.88. The van der Waals surface area contributed by atoms with Crippen molar-refractivity contribution in [3.8, 4) is 5.75 Å². The fourth-order valence-corrected chi connectivity index (χ4v) is 5.81. The van der Waals surface area contributed by atoms with Crippen molar-refractivity contribution in [3.05, 3.63) is 59.3 Å². The summed E-state index contributed by atoms with van der Waals surface area (Å²) in [5.41, 5.74) is 2.92. The van der Waals surface area contributed by atoms with Crippen LogP contribution in [-0.2, 0) is 14.9 Å². The number of anilines is 2. The fourth-order valence-electron chi connectivity index (χ4n) is 5.04. The first-order valence-electron chi connectivity index (χ1n) is 10.0. The standard InChI is InChI=1S/C22H22N2O6S/c1-22(31(28,29)30)9-8-12(11-22)24-17-5-3-2-4-14(17)20(26)19(24)18-15-10-13(25)6-7-16(15)23-21(18)27/h2-7,10,12,20,25-26H,8-9,11H2,1H3,(H,23,27)(H,28,29,30)/b19-18-. The number of para-hydroxylation sites is 1. The maximum Gasteiger partial charge on any atom is 0.270 e. The lowest BCUT2D eigenvalue weighted by Gasteiger charge is -2.31. The number of hydrogen-bond donors (Lipinski definition) is 4. The summed E-state index contributed by atoms with van der Waals surface area (Å²) < 4.78 is 32.5. The number of benzene rings is 2. The maximum absolute atomic E-state index is 12.9. The highest BCUT2D eigenvalue weighted by Gasteiger charge is 2.50. The lowest BCUT2D eigenvalue weighted by atomic mass is 10.00. The smallest absolute Gasteiger partial charge is 0.270 e. The van der Waals surface area contributed by atoms with Gasteiger partial charge in [-0.25, -0.2) is 0 Å². The monoisotopic (exact) mass is 442 g/mol. The molecule has 2 aromatic rings. The van der Waals surface area contributed by atoms with Crippen LogP contribution in [0.4, 0.5) is 11.4 Å². The summed E-state index contributed by atoms with van der Waals surface area (Å²) in [6, 6.07) is 11.4. The molecule has 9 heteroatoms. The van der Waals surface area contributed by atoms with Crippen LogP contribution in [0, 0.1) is 0 Å². The molecule has 1 amide bonds. The first kappa shape index (κ1) is 20.0. The van der Waals surface area contributed by atoms with Gasteiger partial charge in [-0.2, -0.15) is 8.42 Å². The number of nitrogens with one attached hydrogen (secondary N) is 1. The number of aromatic hydroxyl groups is 1. The van der Waals surface area contributed by atoms with Gasteiger partial charge in [0.05, 0.1) is 16.0 Å². The van der Waals surface area contributed by atoms with Gasteiger partial charge in [0.15, 0.2) is 0 Å². The molecule has 0 radical (unpaired) electrons. The van der Waals surface area contributed by atoms with Gasteiger partial charge in [0.25, 0.3) is 16.0 Å². The lowest BCUT2D eigenvalue weighted by molar-refractivity contribution is -0.110. The predicted octanol–water partition coefficient (Wildman–Crippen LogP) is 2.81. The first-order valence-corrected chi connectivity index (χ1v) is 11.5. The molecule has 0 saturated heterocycles. The van der Waals surface area contributed by atoms with Crippen LogP contribution in [0.5, 0.6) is 5.75 Å². The van der Waals surface area contributed by atoms with Gasteiger partial charge in [0, 0.05) is 28.5 Å². The molecule has 2 aromatic carbocycles. The summed E-state index contributed by atoms with van der Waals surface area (Å²) in [6.07, 6.45) is -0.221. The Labute approximate surface area is 179 Å². The topological polar surface area (TPSA) is 127 Å². The first-order chi connectivity index (χ1) is 14.6. The number of aliphatic hydroxyl groups is 1. The average Bonchev–Trinajstić information content (AvgIpc) is 3.34. The average molecular weight is 442 g/mol. The molecule has 2 heterocycles. The van der Waals surface area contributed by atoms with Crippen LogP contribution < -0.4 is 10.2 Å². The quantitative estimate of drug-likeness (QED) is 0.320. The number of amides is 1. The van der Waals surface area contributed by atoms with Crippen molar-refractivity contribution in [1.29, 1.82) is 0 Å². The highest BCUT2D eigenvalue weighted by atomic mass is 32.2. The number of nitrogens with zero attached hydrogens (tertiary/aromatic N) is 1. The molecule has 4 N–H and O–H groups in total. The Kier molecular flexibility index (Phi) is 4.24. The van der Waals surface area contributed by atoms with Gasteiger partial charge in [0.1, 0.15) is 11.9 Å². The summed E-state index contributed by atoms with van der Waals surface area (Å²) in [4.78, 5) is 14.8. The van der Waals surface area contributed by atoms with E-state index < -0.39 is 26.9 Å². The molecule has 1 fully saturated rings. The molecule has 31 heavy (non-hydrogen) atoms. The highest BCUT2D eigenvalue weighted by molar-refractivity contribution is 7.87. The zero-order chi connectivity index (χ0) is 22.1. The third-order valence-corrected chi connectivity index (χ3v) is 8.29. The summed E-state index contributed by atoms with van der Waals surface area (Å²) in [7, 11) is -4.27. The van der Waals surface area contributed by atoms with E-state index in [2.05, 4.69) is 5.32 Å². The normalized spacial score (nSPS) is 29.8. The van der Waals surface area contributed by atoms with E-state index in [-0.39, 0.29) is 30.2 Å². The van der Waals surface area contributed by atoms with Crippen molar-refractivity contribution in [2.24, 2.45) is 0 Å². The molecule has 2 aliphatic heterocycles. The molecule has 5 rings (SSSR count). The Balaban J connectivity index is 1.70. The molecule has 1 aliphatic carbocycles. The van der Waals surface area contributed by atoms with Crippen LogP contribution in [-0.4, -0.2) is 39.9 Å². The molecular formula is C22H22N2O6S. The molecule has 3 unspecified atom stereocenters. The van der Waals surface area contributed by atoms with E-state index in [0.717, 1.165) is 0 Å². The van der Waals surface area contributed by atoms with Crippen molar-refractivity contribution in [2.45, 2.75) is 43.1 Å². The Morgan fingerprint density at radius 2 is 1.94 bits per heavy atom. The molecule has 1 saturated carbocycles.